The molecule has 2 amide bonds. The number of benzene rings is 2. The molecule has 160 valence electrons. The van der Waals surface area contributed by atoms with Gasteiger partial charge in [-0.2, -0.15) is 0 Å². The first-order valence-electron chi connectivity index (χ1n) is 10.5. The predicted molar refractivity (Wildman–Crippen MR) is 120 cm³/mol. The second-order valence-electron chi connectivity index (χ2n) is 8.30. The third kappa shape index (κ3) is 5.39. The summed E-state index contributed by atoms with van der Waals surface area (Å²) in [5.74, 6) is 1.55. The first-order chi connectivity index (χ1) is 14.4. The molecular formula is C24H31N3O3. The molecule has 2 N–H and O–H groups in total. The van der Waals surface area contributed by atoms with E-state index in [-0.39, 0.29) is 17.9 Å². The summed E-state index contributed by atoms with van der Waals surface area (Å²) in [5, 5.41) is 5.82. The van der Waals surface area contributed by atoms with Gasteiger partial charge in [0, 0.05) is 24.3 Å². The first-order valence-corrected chi connectivity index (χ1v) is 10.5. The van der Waals surface area contributed by atoms with Crippen molar-refractivity contribution in [3.05, 3.63) is 54.1 Å². The molecular weight excluding hydrogens is 378 g/mol. The number of amides is 2. The molecule has 0 radical (unpaired) electrons. The first kappa shape index (κ1) is 21.8. The Hall–Kier alpha value is -2.86. The standard InChI is InChI=1S/C24H31N3O3/c1-16-13-17(2)15-27(14-16)18(3)23(28)25-20-11-9-19(10-12-20)24(29)26-21-7-5-6-8-22(21)30-4/h5-12,16-18H,13-15H2,1-4H3,(H,25,28)(H,26,29). The van der Waals surface area contributed by atoms with Crippen LogP contribution in [0, 0.1) is 11.8 Å². The Labute approximate surface area is 178 Å². The number of methoxy groups -OCH3 is 1. The fraction of sp³-hybridized carbons (Fsp3) is 0.417. The smallest absolute Gasteiger partial charge is 0.255 e. The summed E-state index contributed by atoms with van der Waals surface area (Å²) in [6.45, 7) is 8.32. The Morgan fingerprint density at radius 2 is 1.63 bits per heavy atom. The number of ether oxygens (including phenoxy) is 1. The summed E-state index contributed by atoms with van der Waals surface area (Å²) in [5.41, 5.74) is 1.80. The van der Waals surface area contributed by atoms with Crippen LogP contribution in [0.5, 0.6) is 5.75 Å². The number of hydrogen-bond acceptors (Lipinski definition) is 4. The molecule has 1 heterocycles. The molecule has 0 aliphatic carbocycles. The van der Waals surface area contributed by atoms with E-state index in [0.29, 0.717) is 34.5 Å². The van der Waals surface area contributed by atoms with Crippen molar-refractivity contribution < 1.29 is 14.3 Å². The van der Waals surface area contributed by atoms with Crippen LogP contribution < -0.4 is 15.4 Å². The van der Waals surface area contributed by atoms with E-state index in [0.717, 1.165) is 13.1 Å². The molecule has 1 aliphatic rings. The summed E-state index contributed by atoms with van der Waals surface area (Å²) in [6.07, 6.45) is 1.21. The second kappa shape index (κ2) is 9.76. The van der Waals surface area contributed by atoms with Crippen molar-refractivity contribution in [1.82, 2.24) is 4.90 Å². The molecule has 6 nitrogen and oxygen atoms in total. The van der Waals surface area contributed by atoms with E-state index in [9.17, 15) is 9.59 Å². The summed E-state index contributed by atoms with van der Waals surface area (Å²) in [7, 11) is 1.56. The molecule has 0 bridgehead atoms. The topological polar surface area (TPSA) is 70.7 Å². The molecule has 2 aromatic rings. The van der Waals surface area contributed by atoms with Gasteiger partial charge in [0.25, 0.3) is 5.91 Å². The zero-order valence-electron chi connectivity index (χ0n) is 18.1. The Morgan fingerprint density at radius 3 is 2.27 bits per heavy atom. The number of para-hydroxylation sites is 2. The van der Waals surface area contributed by atoms with Gasteiger partial charge < -0.3 is 15.4 Å². The Balaban J connectivity index is 1.60. The Kier molecular flexibility index (Phi) is 7.11. The Bertz CT molecular complexity index is 872. The SMILES string of the molecule is COc1ccccc1NC(=O)c1ccc(NC(=O)C(C)N2CC(C)CC(C)C2)cc1. The molecule has 1 fully saturated rings. The molecule has 0 spiro atoms. The van der Waals surface area contributed by atoms with Crippen LogP contribution >= 0.6 is 0 Å². The lowest BCUT2D eigenvalue weighted by atomic mass is 9.91. The molecule has 30 heavy (non-hydrogen) atoms. The fourth-order valence-electron chi connectivity index (χ4n) is 4.09. The number of hydrogen-bond donors (Lipinski definition) is 2. The van der Waals surface area contributed by atoms with Crippen LogP contribution in [0.3, 0.4) is 0 Å². The third-order valence-corrected chi connectivity index (χ3v) is 5.59. The maximum Gasteiger partial charge on any atom is 0.255 e. The molecule has 1 aliphatic heterocycles. The van der Waals surface area contributed by atoms with Crippen molar-refractivity contribution >= 4 is 23.2 Å². The van der Waals surface area contributed by atoms with Gasteiger partial charge in [0.2, 0.25) is 5.91 Å². The van der Waals surface area contributed by atoms with Gasteiger partial charge in [-0.15, -0.1) is 0 Å². The van der Waals surface area contributed by atoms with E-state index in [4.69, 9.17) is 4.74 Å². The zero-order valence-corrected chi connectivity index (χ0v) is 18.1. The van der Waals surface area contributed by atoms with Gasteiger partial charge in [-0.05, 0) is 61.6 Å². The highest BCUT2D eigenvalue weighted by molar-refractivity contribution is 6.05. The molecule has 3 rings (SSSR count). The number of carbonyl (C=O) groups is 2. The highest BCUT2D eigenvalue weighted by Crippen LogP contribution is 2.25. The minimum Gasteiger partial charge on any atom is -0.495 e. The van der Waals surface area contributed by atoms with E-state index in [1.54, 1.807) is 43.5 Å². The Morgan fingerprint density at radius 1 is 1.00 bits per heavy atom. The van der Waals surface area contributed by atoms with Crippen LogP contribution in [0.4, 0.5) is 11.4 Å². The summed E-state index contributed by atoms with van der Waals surface area (Å²) >= 11 is 0. The summed E-state index contributed by atoms with van der Waals surface area (Å²) < 4.78 is 5.26. The third-order valence-electron chi connectivity index (χ3n) is 5.59. The molecule has 0 aromatic heterocycles. The monoisotopic (exact) mass is 409 g/mol. The number of rotatable bonds is 6. The molecule has 3 unspecified atom stereocenters. The van der Waals surface area contributed by atoms with Crippen LogP contribution in [0.2, 0.25) is 0 Å². The molecule has 3 atom stereocenters. The normalized spacial score (nSPS) is 20.3. The second-order valence-corrected chi connectivity index (χ2v) is 8.30. The van der Waals surface area contributed by atoms with E-state index >= 15 is 0 Å². The van der Waals surface area contributed by atoms with Crippen molar-refractivity contribution in [3.8, 4) is 5.75 Å². The number of nitrogens with zero attached hydrogens (tertiary/aromatic N) is 1. The van der Waals surface area contributed by atoms with Crippen LogP contribution in [-0.4, -0.2) is 43.0 Å². The lowest BCUT2D eigenvalue weighted by Gasteiger charge is -2.38. The van der Waals surface area contributed by atoms with Crippen LogP contribution in [0.15, 0.2) is 48.5 Å². The minimum atomic E-state index is -0.234. The highest BCUT2D eigenvalue weighted by Gasteiger charge is 2.28. The average Bonchev–Trinajstić information content (AvgIpc) is 2.73. The van der Waals surface area contributed by atoms with E-state index in [1.165, 1.54) is 6.42 Å². The molecule has 2 aromatic carbocycles. The van der Waals surface area contributed by atoms with Crippen molar-refractivity contribution in [3.63, 3.8) is 0 Å². The van der Waals surface area contributed by atoms with Crippen LogP contribution in [0.1, 0.15) is 37.6 Å². The lowest BCUT2D eigenvalue weighted by Crippen LogP contribution is -2.48. The molecule has 0 saturated carbocycles. The number of likely N-dealkylation sites (tertiary alicyclic amines) is 1. The molecule has 6 heteroatoms. The van der Waals surface area contributed by atoms with E-state index < -0.39 is 0 Å². The number of piperidine rings is 1. The maximum absolute atomic E-state index is 12.7. The largest absolute Gasteiger partial charge is 0.495 e. The minimum absolute atomic E-state index is 0.0254. The number of carbonyl (C=O) groups excluding carboxylic acids is 2. The maximum atomic E-state index is 12.7. The van der Waals surface area contributed by atoms with Crippen molar-refractivity contribution in [2.75, 3.05) is 30.8 Å². The van der Waals surface area contributed by atoms with Crippen LogP contribution in [-0.2, 0) is 4.79 Å². The van der Waals surface area contributed by atoms with Gasteiger partial charge in [0.15, 0.2) is 0 Å². The summed E-state index contributed by atoms with van der Waals surface area (Å²) in [4.78, 5) is 27.5. The van der Waals surface area contributed by atoms with Crippen LogP contribution in [0.25, 0.3) is 0 Å². The predicted octanol–water partition coefficient (Wildman–Crippen LogP) is 4.25. The number of anilines is 2. The fourth-order valence-corrected chi connectivity index (χ4v) is 4.09. The van der Waals surface area contributed by atoms with Gasteiger partial charge >= 0.3 is 0 Å². The molecule has 1 saturated heterocycles. The van der Waals surface area contributed by atoms with Gasteiger partial charge in [-0.25, -0.2) is 0 Å². The number of nitrogens with one attached hydrogen (secondary N) is 2. The van der Waals surface area contributed by atoms with Crippen molar-refractivity contribution in [2.45, 2.75) is 33.2 Å². The highest BCUT2D eigenvalue weighted by atomic mass is 16.5. The summed E-state index contributed by atoms with van der Waals surface area (Å²) in [6, 6.07) is 14.0. The van der Waals surface area contributed by atoms with Gasteiger partial charge in [-0.1, -0.05) is 26.0 Å². The van der Waals surface area contributed by atoms with Gasteiger partial charge in [0.05, 0.1) is 18.8 Å². The van der Waals surface area contributed by atoms with Gasteiger partial charge in [-0.3, -0.25) is 14.5 Å². The van der Waals surface area contributed by atoms with Crippen molar-refractivity contribution in [2.24, 2.45) is 11.8 Å². The van der Waals surface area contributed by atoms with E-state index in [1.807, 2.05) is 19.1 Å². The van der Waals surface area contributed by atoms with Gasteiger partial charge in [0.1, 0.15) is 5.75 Å². The lowest BCUT2D eigenvalue weighted by molar-refractivity contribution is -0.121. The van der Waals surface area contributed by atoms with Crippen molar-refractivity contribution in [1.29, 1.82) is 0 Å². The zero-order chi connectivity index (χ0) is 21.7. The quantitative estimate of drug-likeness (QED) is 0.748. The van der Waals surface area contributed by atoms with E-state index in [2.05, 4.69) is 29.4 Å². The average molecular weight is 410 g/mol.